The Labute approximate surface area is 92.1 Å². The van der Waals surface area contributed by atoms with Crippen LogP contribution in [0.2, 0.25) is 0 Å². The van der Waals surface area contributed by atoms with Crippen molar-refractivity contribution in [2.45, 2.75) is 19.9 Å². The van der Waals surface area contributed by atoms with Crippen LogP contribution in [-0.2, 0) is 4.79 Å². The molecule has 0 saturated carbocycles. The van der Waals surface area contributed by atoms with Crippen molar-refractivity contribution in [2.24, 2.45) is 0 Å². The van der Waals surface area contributed by atoms with E-state index in [-0.39, 0.29) is 5.56 Å². The second-order valence-corrected chi connectivity index (χ2v) is 3.49. The smallest absolute Gasteiger partial charge is 0.325 e. The molecule has 1 aromatic rings. The number of carboxylic acids is 1. The summed E-state index contributed by atoms with van der Waals surface area (Å²) in [5.74, 6) is -2.07. The highest BCUT2D eigenvalue weighted by molar-refractivity contribution is 5.97. The van der Waals surface area contributed by atoms with Gasteiger partial charge < -0.3 is 10.4 Å². The fraction of sp³-hybridized carbons (Fsp3) is 0.273. The third-order valence-electron chi connectivity index (χ3n) is 2.15. The molecule has 1 aromatic carbocycles. The maximum Gasteiger partial charge on any atom is 0.325 e. The Kier molecular flexibility index (Phi) is 3.60. The monoisotopic (exact) mass is 225 g/mol. The van der Waals surface area contributed by atoms with E-state index in [1.807, 2.05) is 0 Å². The highest BCUT2D eigenvalue weighted by Gasteiger charge is 2.16. The average Bonchev–Trinajstić information content (AvgIpc) is 2.16. The lowest BCUT2D eigenvalue weighted by atomic mass is 10.1. The van der Waals surface area contributed by atoms with Crippen LogP contribution in [0, 0.1) is 12.7 Å². The third-order valence-corrected chi connectivity index (χ3v) is 2.15. The number of carboxylic acid groups (broad SMARTS) is 1. The molecule has 0 heterocycles. The van der Waals surface area contributed by atoms with Crippen LogP contribution in [0.25, 0.3) is 0 Å². The lowest BCUT2D eigenvalue weighted by Crippen LogP contribution is -2.38. The highest BCUT2D eigenvalue weighted by Crippen LogP contribution is 2.10. The van der Waals surface area contributed by atoms with Gasteiger partial charge in [0.2, 0.25) is 0 Å². The Bertz CT molecular complexity index is 431. The minimum absolute atomic E-state index is 0.273. The molecule has 0 saturated heterocycles. The van der Waals surface area contributed by atoms with Gasteiger partial charge in [-0.1, -0.05) is 0 Å². The van der Waals surface area contributed by atoms with E-state index in [9.17, 15) is 14.0 Å². The first-order valence-corrected chi connectivity index (χ1v) is 4.71. The van der Waals surface area contributed by atoms with Crippen molar-refractivity contribution in [3.05, 3.63) is 35.1 Å². The molecule has 0 spiro atoms. The van der Waals surface area contributed by atoms with Gasteiger partial charge in [0.05, 0.1) is 0 Å². The molecular weight excluding hydrogens is 213 g/mol. The maximum absolute atomic E-state index is 12.8. The van der Waals surface area contributed by atoms with Gasteiger partial charge in [0.1, 0.15) is 11.9 Å². The molecule has 1 amide bonds. The van der Waals surface area contributed by atoms with Gasteiger partial charge in [-0.25, -0.2) is 4.39 Å². The van der Waals surface area contributed by atoms with Crippen molar-refractivity contribution in [3.63, 3.8) is 0 Å². The highest BCUT2D eigenvalue weighted by atomic mass is 19.1. The Hall–Kier alpha value is -1.91. The van der Waals surface area contributed by atoms with Crippen molar-refractivity contribution < 1.29 is 19.1 Å². The Balaban J connectivity index is 2.85. The maximum atomic E-state index is 12.8. The van der Waals surface area contributed by atoms with E-state index in [1.165, 1.54) is 19.1 Å². The minimum Gasteiger partial charge on any atom is -0.480 e. The van der Waals surface area contributed by atoms with Crippen molar-refractivity contribution in [3.8, 4) is 0 Å². The van der Waals surface area contributed by atoms with E-state index in [1.54, 1.807) is 6.92 Å². The number of carbonyl (C=O) groups is 2. The molecule has 16 heavy (non-hydrogen) atoms. The molecule has 86 valence electrons. The van der Waals surface area contributed by atoms with Crippen LogP contribution < -0.4 is 5.32 Å². The first-order valence-electron chi connectivity index (χ1n) is 4.71. The van der Waals surface area contributed by atoms with Crippen LogP contribution in [0.4, 0.5) is 4.39 Å². The van der Waals surface area contributed by atoms with E-state index in [2.05, 4.69) is 5.32 Å². The van der Waals surface area contributed by atoms with Gasteiger partial charge in [-0.15, -0.1) is 0 Å². The SMILES string of the molecule is Cc1cc(F)ccc1C(=O)N[C@H](C)C(=O)O. The number of aliphatic carboxylic acids is 1. The molecule has 4 nitrogen and oxygen atoms in total. The molecule has 0 aliphatic rings. The molecule has 5 heteroatoms. The Morgan fingerprint density at radius 1 is 1.44 bits per heavy atom. The van der Waals surface area contributed by atoms with Crippen LogP contribution in [0.1, 0.15) is 22.8 Å². The normalized spacial score (nSPS) is 11.9. The topological polar surface area (TPSA) is 66.4 Å². The molecule has 0 fully saturated rings. The van der Waals surface area contributed by atoms with Gasteiger partial charge in [-0.05, 0) is 37.6 Å². The summed E-state index contributed by atoms with van der Waals surface area (Å²) in [5, 5.41) is 10.9. The van der Waals surface area contributed by atoms with Crippen molar-refractivity contribution in [2.75, 3.05) is 0 Å². The van der Waals surface area contributed by atoms with Gasteiger partial charge in [0.15, 0.2) is 0 Å². The molecule has 0 bridgehead atoms. The second kappa shape index (κ2) is 4.74. The predicted molar refractivity (Wildman–Crippen MR) is 55.7 cm³/mol. The zero-order valence-corrected chi connectivity index (χ0v) is 8.95. The summed E-state index contributed by atoms with van der Waals surface area (Å²) < 4.78 is 12.8. The summed E-state index contributed by atoms with van der Waals surface area (Å²) in [6.07, 6.45) is 0. The molecule has 0 unspecified atom stereocenters. The summed E-state index contributed by atoms with van der Waals surface area (Å²) in [6.45, 7) is 2.95. The molecule has 1 atom stereocenters. The lowest BCUT2D eigenvalue weighted by molar-refractivity contribution is -0.138. The quantitative estimate of drug-likeness (QED) is 0.815. The number of rotatable bonds is 3. The molecule has 2 N–H and O–H groups in total. The van der Waals surface area contributed by atoms with Crippen LogP contribution in [0.15, 0.2) is 18.2 Å². The molecular formula is C11H12FNO3. The van der Waals surface area contributed by atoms with Gasteiger partial charge >= 0.3 is 5.97 Å². The van der Waals surface area contributed by atoms with Crippen LogP contribution in [-0.4, -0.2) is 23.0 Å². The zero-order chi connectivity index (χ0) is 12.3. The molecule has 0 radical (unpaired) electrons. The number of hydrogen-bond donors (Lipinski definition) is 2. The number of nitrogens with one attached hydrogen (secondary N) is 1. The van der Waals surface area contributed by atoms with E-state index in [0.29, 0.717) is 5.56 Å². The summed E-state index contributed by atoms with van der Waals surface area (Å²) in [4.78, 5) is 22.1. The number of halogens is 1. The fourth-order valence-corrected chi connectivity index (χ4v) is 1.22. The standard InChI is InChI=1S/C11H12FNO3/c1-6-5-8(12)3-4-9(6)10(14)13-7(2)11(15)16/h3-5,7H,1-2H3,(H,13,14)(H,15,16)/t7-/m1/s1. The summed E-state index contributed by atoms with van der Waals surface area (Å²) in [6, 6.07) is 2.74. The number of carbonyl (C=O) groups excluding carboxylic acids is 1. The Morgan fingerprint density at radius 3 is 2.56 bits per heavy atom. The third kappa shape index (κ3) is 2.79. The number of hydrogen-bond acceptors (Lipinski definition) is 2. The fourth-order valence-electron chi connectivity index (χ4n) is 1.22. The molecule has 0 aromatic heterocycles. The summed E-state index contributed by atoms with van der Waals surface area (Å²) in [7, 11) is 0. The minimum atomic E-state index is -1.12. The molecule has 0 aliphatic carbocycles. The number of benzene rings is 1. The van der Waals surface area contributed by atoms with Crippen molar-refractivity contribution in [1.82, 2.24) is 5.32 Å². The van der Waals surface area contributed by atoms with Crippen LogP contribution in [0.3, 0.4) is 0 Å². The van der Waals surface area contributed by atoms with E-state index >= 15 is 0 Å². The van der Waals surface area contributed by atoms with Crippen molar-refractivity contribution >= 4 is 11.9 Å². The van der Waals surface area contributed by atoms with Gasteiger partial charge in [0, 0.05) is 5.56 Å². The van der Waals surface area contributed by atoms with Gasteiger partial charge in [0.25, 0.3) is 5.91 Å². The largest absolute Gasteiger partial charge is 0.480 e. The van der Waals surface area contributed by atoms with E-state index in [4.69, 9.17) is 5.11 Å². The van der Waals surface area contributed by atoms with E-state index < -0.39 is 23.7 Å². The number of amides is 1. The Morgan fingerprint density at radius 2 is 2.06 bits per heavy atom. The summed E-state index contributed by atoms with van der Waals surface area (Å²) >= 11 is 0. The average molecular weight is 225 g/mol. The first kappa shape index (κ1) is 12.2. The first-order chi connectivity index (χ1) is 7.41. The van der Waals surface area contributed by atoms with Crippen LogP contribution >= 0.6 is 0 Å². The van der Waals surface area contributed by atoms with Crippen LogP contribution in [0.5, 0.6) is 0 Å². The molecule has 0 aliphatic heterocycles. The summed E-state index contributed by atoms with van der Waals surface area (Å²) in [5.41, 5.74) is 0.740. The lowest BCUT2D eigenvalue weighted by Gasteiger charge is -2.10. The predicted octanol–water partition coefficient (Wildman–Crippen LogP) is 1.34. The molecule has 1 rings (SSSR count). The van der Waals surface area contributed by atoms with Gasteiger partial charge in [-0.3, -0.25) is 9.59 Å². The van der Waals surface area contributed by atoms with Gasteiger partial charge in [-0.2, -0.15) is 0 Å². The van der Waals surface area contributed by atoms with E-state index in [0.717, 1.165) is 6.07 Å². The van der Waals surface area contributed by atoms with Crippen molar-refractivity contribution in [1.29, 1.82) is 0 Å². The zero-order valence-electron chi connectivity index (χ0n) is 8.95. The second-order valence-electron chi connectivity index (χ2n) is 3.49. The number of aryl methyl sites for hydroxylation is 1.